The Balaban J connectivity index is 1.26. The molecule has 4 rings (SSSR count). The Morgan fingerprint density at radius 2 is 1.81 bits per heavy atom. The number of hydrogen-bond acceptors (Lipinski definition) is 3. The van der Waals surface area contributed by atoms with Gasteiger partial charge in [-0.2, -0.15) is 13.2 Å². The molecule has 162 valence electrons. The summed E-state index contributed by atoms with van der Waals surface area (Å²) in [6.45, 7) is 0.847. The van der Waals surface area contributed by atoms with E-state index in [0.29, 0.717) is 5.92 Å². The lowest BCUT2D eigenvalue weighted by Crippen LogP contribution is -2.38. The van der Waals surface area contributed by atoms with E-state index in [1.54, 1.807) is 6.20 Å². The van der Waals surface area contributed by atoms with Crippen LogP contribution >= 0.6 is 0 Å². The molecule has 0 aliphatic heterocycles. The van der Waals surface area contributed by atoms with Crippen LogP contribution in [0.1, 0.15) is 41.6 Å². The first-order valence-corrected chi connectivity index (χ1v) is 10.5. The van der Waals surface area contributed by atoms with E-state index >= 15 is 0 Å². The normalized spacial score (nSPS) is 19.2. The number of pyridine rings is 1. The second-order valence-electron chi connectivity index (χ2n) is 8.06. The summed E-state index contributed by atoms with van der Waals surface area (Å²) >= 11 is 0. The van der Waals surface area contributed by atoms with Crippen LogP contribution in [0, 0.1) is 5.92 Å². The fourth-order valence-electron chi connectivity index (χ4n) is 4.06. The van der Waals surface area contributed by atoms with Crippen molar-refractivity contribution in [1.82, 2.24) is 10.3 Å². The van der Waals surface area contributed by atoms with Crippen molar-refractivity contribution in [3.05, 3.63) is 71.9 Å². The first-order chi connectivity index (χ1) is 14.9. The summed E-state index contributed by atoms with van der Waals surface area (Å²) in [7, 11) is 0. The smallest absolute Gasteiger partial charge is 0.385 e. The monoisotopic (exact) mass is 427 g/mol. The number of fused-ring (bicyclic) bond motifs is 1. The lowest BCUT2D eigenvalue weighted by atomic mass is 9.86. The molecule has 4 nitrogen and oxygen atoms in total. The Labute approximate surface area is 178 Å². The third-order valence-electron chi connectivity index (χ3n) is 5.83. The molecule has 2 N–H and O–H groups in total. The Morgan fingerprint density at radius 1 is 1.00 bits per heavy atom. The number of nitrogens with one attached hydrogen (secondary N) is 2. The topological polar surface area (TPSA) is 54.0 Å². The Hall–Kier alpha value is -3.09. The molecule has 1 aromatic heterocycles. The van der Waals surface area contributed by atoms with Crippen molar-refractivity contribution in [3.8, 4) is 0 Å². The number of aromatic nitrogens is 1. The molecule has 1 heterocycles. The van der Waals surface area contributed by atoms with Gasteiger partial charge in [0.25, 0.3) is 5.91 Å². The Morgan fingerprint density at radius 3 is 2.58 bits per heavy atom. The van der Waals surface area contributed by atoms with Gasteiger partial charge < -0.3 is 10.6 Å². The number of carbonyl (C=O) groups is 1. The number of rotatable bonds is 5. The van der Waals surface area contributed by atoms with E-state index in [4.69, 9.17) is 0 Å². The van der Waals surface area contributed by atoms with E-state index in [-0.39, 0.29) is 11.6 Å². The lowest BCUT2D eigenvalue weighted by molar-refractivity contribution is -0.137. The average molecular weight is 427 g/mol. The van der Waals surface area contributed by atoms with Gasteiger partial charge in [-0.25, -0.2) is 0 Å². The minimum atomic E-state index is -4.46. The zero-order chi connectivity index (χ0) is 21.8. The largest absolute Gasteiger partial charge is 0.416 e. The average Bonchev–Trinajstić information content (AvgIpc) is 2.78. The van der Waals surface area contributed by atoms with Crippen LogP contribution in [0.2, 0.25) is 0 Å². The molecule has 0 radical (unpaired) electrons. The summed E-state index contributed by atoms with van der Waals surface area (Å²) in [5.74, 6) is 0.0451. The van der Waals surface area contributed by atoms with Gasteiger partial charge in [-0.1, -0.05) is 12.1 Å². The van der Waals surface area contributed by atoms with E-state index < -0.39 is 17.6 Å². The highest BCUT2D eigenvalue weighted by atomic mass is 19.4. The second-order valence-corrected chi connectivity index (χ2v) is 8.06. The molecular weight excluding hydrogens is 403 g/mol. The van der Waals surface area contributed by atoms with Crippen molar-refractivity contribution in [2.45, 2.75) is 37.9 Å². The van der Waals surface area contributed by atoms with Crippen LogP contribution < -0.4 is 10.6 Å². The van der Waals surface area contributed by atoms with Crippen molar-refractivity contribution in [2.75, 3.05) is 11.9 Å². The summed E-state index contributed by atoms with van der Waals surface area (Å²) in [6.07, 6.45) is 0.866. The second kappa shape index (κ2) is 8.96. The number of benzene rings is 2. The van der Waals surface area contributed by atoms with Gasteiger partial charge in [-0.3, -0.25) is 9.78 Å². The van der Waals surface area contributed by atoms with Gasteiger partial charge in [0.1, 0.15) is 0 Å². The molecule has 0 saturated heterocycles. The maximum atomic E-state index is 12.9. The van der Waals surface area contributed by atoms with E-state index in [1.807, 2.05) is 24.3 Å². The number of anilines is 1. The standard InChI is InChI=1S/C24H24F3N3O/c25-24(26,27)19-5-1-3-18(13-19)23(31)30-20-8-6-16(7-9-20)15-29-21-10-11-22-17(14-21)4-2-12-28-22/h1-5,10-14,16,20,29H,6-9,15H2,(H,30,31)/t16-,20-. The molecule has 0 atom stereocenters. The first kappa shape index (κ1) is 21.2. The molecule has 0 spiro atoms. The lowest BCUT2D eigenvalue weighted by Gasteiger charge is -2.29. The minimum Gasteiger partial charge on any atom is -0.385 e. The first-order valence-electron chi connectivity index (χ1n) is 10.5. The number of carbonyl (C=O) groups excluding carboxylic acids is 1. The zero-order valence-electron chi connectivity index (χ0n) is 17.0. The van der Waals surface area contributed by atoms with Crippen LogP contribution in [-0.2, 0) is 6.18 Å². The van der Waals surface area contributed by atoms with Gasteiger partial charge in [-0.15, -0.1) is 0 Å². The zero-order valence-corrected chi connectivity index (χ0v) is 17.0. The highest BCUT2D eigenvalue weighted by Crippen LogP contribution is 2.30. The molecule has 1 fully saturated rings. The summed E-state index contributed by atoms with van der Waals surface area (Å²) in [6, 6.07) is 14.6. The SMILES string of the molecule is O=C(N[C@H]1CC[C@H](CNc2ccc3ncccc3c2)CC1)c1cccc(C(F)(F)F)c1. The molecule has 3 aromatic rings. The predicted molar refractivity (Wildman–Crippen MR) is 115 cm³/mol. The van der Waals surface area contributed by atoms with Crippen LogP contribution in [0.5, 0.6) is 0 Å². The maximum absolute atomic E-state index is 12.9. The highest BCUT2D eigenvalue weighted by Gasteiger charge is 2.31. The predicted octanol–water partition coefficient (Wildman–Crippen LogP) is 5.65. The van der Waals surface area contributed by atoms with Crippen LogP contribution in [0.4, 0.5) is 18.9 Å². The molecule has 1 aliphatic rings. The highest BCUT2D eigenvalue weighted by molar-refractivity contribution is 5.94. The molecule has 31 heavy (non-hydrogen) atoms. The van der Waals surface area contributed by atoms with Crippen molar-refractivity contribution < 1.29 is 18.0 Å². The molecule has 0 bridgehead atoms. The number of hydrogen-bond donors (Lipinski definition) is 2. The summed E-state index contributed by atoms with van der Waals surface area (Å²) in [4.78, 5) is 16.7. The molecule has 1 saturated carbocycles. The van der Waals surface area contributed by atoms with Crippen LogP contribution in [-0.4, -0.2) is 23.5 Å². The minimum absolute atomic E-state index is 0.00923. The summed E-state index contributed by atoms with van der Waals surface area (Å²) < 4.78 is 38.6. The van der Waals surface area contributed by atoms with Crippen LogP contribution in [0.25, 0.3) is 10.9 Å². The van der Waals surface area contributed by atoms with Crippen molar-refractivity contribution in [1.29, 1.82) is 0 Å². The fraction of sp³-hybridized carbons (Fsp3) is 0.333. The molecule has 1 amide bonds. The van der Waals surface area contributed by atoms with E-state index in [2.05, 4.69) is 21.7 Å². The number of amides is 1. The van der Waals surface area contributed by atoms with Crippen molar-refractivity contribution in [3.63, 3.8) is 0 Å². The van der Waals surface area contributed by atoms with Gasteiger partial charge in [0.05, 0.1) is 11.1 Å². The summed E-state index contributed by atoms with van der Waals surface area (Å²) in [5.41, 5.74) is 1.26. The van der Waals surface area contributed by atoms with Crippen LogP contribution in [0.15, 0.2) is 60.8 Å². The summed E-state index contributed by atoms with van der Waals surface area (Å²) in [5, 5.41) is 7.47. The van der Waals surface area contributed by atoms with Gasteiger partial charge in [0.15, 0.2) is 0 Å². The Bertz CT molecular complexity index is 1060. The third-order valence-corrected chi connectivity index (χ3v) is 5.83. The molecule has 1 aliphatic carbocycles. The molecular formula is C24H24F3N3O. The number of alkyl halides is 3. The molecule has 0 unspecified atom stereocenters. The van der Waals surface area contributed by atoms with Crippen LogP contribution in [0.3, 0.4) is 0 Å². The van der Waals surface area contributed by atoms with Crippen molar-refractivity contribution >= 4 is 22.5 Å². The fourth-order valence-corrected chi connectivity index (χ4v) is 4.06. The molecule has 2 aromatic carbocycles. The third kappa shape index (κ3) is 5.34. The van der Waals surface area contributed by atoms with Gasteiger partial charge >= 0.3 is 6.18 Å². The van der Waals surface area contributed by atoms with Gasteiger partial charge in [0.2, 0.25) is 0 Å². The van der Waals surface area contributed by atoms with E-state index in [9.17, 15) is 18.0 Å². The van der Waals surface area contributed by atoms with Gasteiger partial charge in [0, 0.05) is 35.4 Å². The molecule has 7 heteroatoms. The number of halogens is 3. The van der Waals surface area contributed by atoms with Crippen molar-refractivity contribution in [2.24, 2.45) is 5.92 Å². The Kier molecular flexibility index (Phi) is 6.11. The van der Waals surface area contributed by atoms with E-state index in [1.165, 1.54) is 12.1 Å². The van der Waals surface area contributed by atoms with E-state index in [0.717, 1.165) is 61.0 Å². The number of nitrogens with zero attached hydrogens (tertiary/aromatic N) is 1. The van der Waals surface area contributed by atoms with Gasteiger partial charge in [-0.05, 0) is 74.1 Å². The quantitative estimate of drug-likeness (QED) is 0.553. The maximum Gasteiger partial charge on any atom is 0.416 e.